The zero-order valence-corrected chi connectivity index (χ0v) is 17.5. The van der Waals surface area contributed by atoms with Gasteiger partial charge in [0, 0.05) is 17.3 Å². The lowest BCUT2D eigenvalue weighted by atomic mass is 9.80. The molecule has 0 unspecified atom stereocenters. The van der Waals surface area contributed by atoms with Crippen molar-refractivity contribution in [2.45, 2.75) is 32.3 Å². The second-order valence-electron chi connectivity index (χ2n) is 8.20. The molecule has 0 saturated heterocycles. The first-order valence-electron chi connectivity index (χ1n) is 10.7. The summed E-state index contributed by atoms with van der Waals surface area (Å²) in [6.07, 6.45) is 5.31. The summed E-state index contributed by atoms with van der Waals surface area (Å²) in [6, 6.07) is 17.4. The lowest BCUT2D eigenvalue weighted by molar-refractivity contribution is 0.0698. The van der Waals surface area contributed by atoms with Gasteiger partial charge in [-0.2, -0.15) is 0 Å². The van der Waals surface area contributed by atoms with Gasteiger partial charge in [0.05, 0.1) is 5.69 Å². The number of rotatable bonds is 7. The van der Waals surface area contributed by atoms with Gasteiger partial charge in [0.2, 0.25) is 0 Å². The fourth-order valence-electron chi connectivity index (χ4n) is 4.07. The van der Waals surface area contributed by atoms with E-state index in [1.54, 1.807) is 0 Å². The molecule has 1 saturated carbocycles. The van der Waals surface area contributed by atoms with Crippen LogP contribution in [0.1, 0.15) is 40.7 Å². The van der Waals surface area contributed by atoms with E-state index in [1.807, 2.05) is 54.6 Å². The molecule has 2 heterocycles. The Kier molecular flexibility index (Phi) is 5.23. The highest BCUT2D eigenvalue weighted by atomic mass is 16.5. The van der Waals surface area contributed by atoms with E-state index in [9.17, 15) is 14.7 Å². The molecule has 0 spiro atoms. The standard InChI is InChI=1S/C25H23N3O4/c29-24-20(13-16-7-4-8-16)22(27-23-21(25(30)31)14-26-28(23)24)18-9-11-19(12-10-18)32-15-17-5-2-1-3-6-17/h1-3,5-6,9-12,14,16,26H,4,7-8,13,15H2,(H,30,31). The third-order valence-electron chi connectivity index (χ3n) is 6.08. The molecule has 5 rings (SSSR count). The molecule has 0 amide bonds. The van der Waals surface area contributed by atoms with Crippen LogP contribution in [-0.2, 0) is 13.0 Å². The fourth-order valence-corrected chi connectivity index (χ4v) is 4.07. The van der Waals surface area contributed by atoms with Gasteiger partial charge < -0.3 is 9.84 Å². The molecule has 2 aromatic carbocycles. The number of ether oxygens (including phenoxy) is 1. The molecule has 0 aliphatic heterocycles. The van der Waals surface area contributed by atoms with Gasteiger partial charge in [-0.05, 0) is 42.2 Å². The smallest absolute Gasteiger partial charge is 0.341 e. The maximum atomic E-state index is 13.2. The van der Waals surface area contributed by atoms with E-state index in [-0.39, 0.29) is 16.8 Å². The van der Waals surface area contributed by atoms with Gasteiger partial charge in [0.25, 0.3) is 5.56 Å². The van der Waals surface area contributed by atoms with Gasteiger partial charge in [-0.3, -0.25) is 9.89 Å². The average molecular weight is 429 g/mol. The number of benzene rings is 2. The number of carbonyl (C=O) groups is 1. The Morgan fingerprint density at radius 3 is 2.53 bits per heavy atom. The van der Waals surface area contributed by atoms with Crippen molar-refractivity contribution < 1.29 is 14.6 Å². The van der Waals surface area contributed by atoms with Gasteiger partial charge in [-0.25, -0.2) is 14.3 Å². The summed E-state index contributed by atoms with van der Waals surface area (Å²) in [5, 5.41) is 12.2. The SMILES string of the molecule is O=C(O)c1c[nH]n2c(=O)c(CC3CCC3)c(-c3ccc(OCc4ccccc4)cc3)nc12. The van der Waals surface area contributed by atoms with Crippen LogP contribution in [0.15, 0.2) is 65.6 Å². The van der Waals surface area contributed by atoms with Crippen LogP contribution in [0.2, 0.25) is 0 Å². The van der Waals surface area contributed by atoms with E-state index in [1.165, 1.54) is 17.1 Å². The zero-order valence-electron chi connectivity index (χ0n) is 17.5. The summed E-state index contributed by atoms with van der Waals surface area (Å²) in [5.41, 5.74) is 2.86. The maximum Gasteiger partial charge on any atom is 0.341 e. The van der Waals surface area contributed by atoms with E-state index < -0.39 is 5.97 Å². The van der Waals surface area contributed by atoms with Crippen molar-refractivity contribution >= 4 is 11.6 Å². The van der Waals surface area contributed by atoms with Gasteiger partial charge >= 0.3 is 5.97 Å². The number of fused-ring (bicyclic) bond motifs is 1. The second-order valence-corrected chi connectivity index (χ2v) is 8.20. The number of carboxylic acids is 1. The van der Waals surface area contributed by atoms with Crippen LogP contribution in [0.3, 0.4) is 0 Å². The van der Waals surface area contributed by atoms with E-state index in [4.69, 9.17) is 4.74 Å². The molecular formula is C25H23N3O4. The quantitative estimate of drug-likeness (QED) is 0.456. The van der Waals surface area contributed by atoms with Gasteiger partial charge in [0.15, 0.2) is 5.65 Å². The van der Waals surface area contributed by atoms with Crippen molar-refractivity contribution in [2.75, 3.05) is 0 Å². The summed E-state index contributed by atoms with van der Waals surface area (Å²) < 4.78 is 7.10. The van der Waals surface area contributed by atoms with Crippen LogP contribution in [0.25, 0.3) is 16.9 Å². The lowest BCUT2D eigenvalue weighted by Gasteiger charge is -2.25. The minimum atomic E-state index is -1.13. The maximum absolute atomic E-state index is 13.2. The Morgan fingerprint density at radius 2 is 1.88 bits per heavy atom. The summed E-state index contributed by atoms with van der Waals surface area (Å²) >= 11 is 0. The van der Waals surface area contributed by atoms with E-state index in [0.29, 0.717) is 36.0 Å². The highest BCUT2D eigenvalue weighted by molar-refractivity contribution is 5.94. The summed E-state index contributed by atoms with van der Waals surface area (Å²) in [5.74, 6) is 0.0468. The Balaban J connectivity index is 1.51. The van der Waals surface area contributed by atoms with Gasteiger partial charge in [-0.1, -0.05) is 49.6 Å². The average Bonchev–Trinajstić information content (AvgIpc) is 3.21. The molecule has 4 aromatic rings. The van der Waals surface area contributed by atoms with Crippen LogP contribution in [0, 0.1) is 5.92 Å². The number of aromatic carboxylic acids is 1. The number of nitrogens with zero attached hydrogens (tertiary/aromatic N) is 2. The van der Waals surface area contributed by atoms with Crippen molar-refractivity contribution in [3.8, 4) is 17.0 Å². The predicted octanol–water partition coefficient (Wildman–Crippen LogP) is 4.31. The monoisotopic (exact) mass is 429 g/mol. The molecule has 7 nitrogen and oxygen atoms in total. The van der Waals surface area contributed by atoms with Crippen LogP contribution in [0.4, 0.5) is 0 Å². The zero-order chi connectivity index (χ0) is 22.1. The molecule has 162 valence electrons. The molecule has 0 bridgehead atoms. The van der Waals surface area contributed by atoms with E-state index in [0.717, 1.165) is 24.0 Å². The highest BCUT2D eigenvalue weighted by Crippen LogP contribution is 2.32. The molecule has 32 heavy (non-hydrogen) atoms. The first-order chi connectivity index (χ1) is 15.6. The summed E-state index contributed by atoms with van der Waals surface area (Å²) in [4.78, 5) is 29.5. The number of nitrogens with one attached hydrogen (secondary N) is 1. The third-order valence-corrected chi connectivity index (χ3v) is 6.08. The van der Waals surface area contributed by atoms with Crippen LogP contribution in [-0.4, -0.2) is 25.7 Å². The third kappa shape index (κ3) is 3.77. The molecule has 2 aromatic heterocycles. The molecule has 1 aliphatic carbocycles. The lowest BCUT2D eigenvalue weighted by Crippen LogP contribution is -2.26. The van der Waals surface area contributed by atoms with Crippen LogP contribution >= 0.6 is 0 Å². The molecule has 7 heteroatoms. The van der Waals surface area contributed by atoms with Crippen LogP contribution in [0.5, 0.6) is 5.75 Å². The number of hydrogen-bond acceptors (Lipinski definition) is 4. The summed E-state index contributed by atoms with van der Waals surface area (Å²) in [6.45, 7) is 0.462. The Hall–Kier alpha value is -3.87. The number of aromatic amines is 1. The molecule has 0 radical (unpaired) electrons. The molecule has 1 aliphatic rings. The van der Waals surface area contributed by atoms with Crippen molar-refractivity contribution in [1.29, 1.82) is 0 Å². The first-order valence-corrected chi connectivity index (χ1v) is 10.7. The Morgan fingerprint density at radius 1 is 1.12 bits per heavy atom. The van der Waals surface area contributed by atoms with Crippen molar-refractivity contribution in [3.63, 3.8) is 0 Å². The highest BCUT2D eigenvalue weighted by Gasteiger charge is 2.25. The number of H-pyrrole nitrogens is 1. The van der Waals surface area contributed by atoms with Crippen molar-refractivity contribution in [2.24, 2.45) is 5.92 Å². The first kappa shape index (κ1) is 20.1. The number of hydrogen-bond donors (Lipinski definition) is 2. The summed E-state index contributed by atoms with van der Waals surface area (Å²) in [7, 11) is 0. The van der Waals surface area contributed by atoms with E-state index in [2.05, 4.69) is 10.1 Å². The largest absolute Gasteiger partial charge is 0.489 e. The normalized spacial score (nSPS) is 13.8. The van der Waals surface area contributed by atoms with Gasteiger partial charge in [-0.15, -0.1) is 0 Å². The number of aromatic nitrogens is 3. The predicted molar refractivity (Wildman–Crippen MR) is 120 cm³/mol. The minimum Gasteiger partial charge on any atom is -0.489 e. The topological polar surface area (TPSA) is 96.7 Å². The Labute approximate surface area is 184 Å². The molecular weight excluding hydrogens is 406 g/mol. The van der Waals surface area contributed by atoms with Crippen LogP contribution < -0.4 is 10.3 Å². The molecule has 2 N–H and O–H groups in total. The van der Waals surface area contributed by atoms with E-state index >= 15 is 0 Å². The Bertz CT molecular complexity index is 1320. The van der Waals surface area contributed by atoms with Crippen molar-refractivity contribution in [3.05, 3.63) is 87.8 Å². The minimum absolute atomic E-state index is 0.0265. The fraction of sp³-hybridized carbons (Fsp3) is 0.240. The van der Waals surface area contributed by atoms with Gasteiger partial charge in [0.1, 0.15) is 17.9 Å². The molecule has 0 atom stereocenters. The second kappa shape index (κ2) is 8.34. The van der Waals surface area contributed by atoms with Crippen molar-refractivity contribution in [1.82, 2.24) is 14.6 Å². The number of carboxylic acid groups (broad SMARTS) is 1. The molecule has 1 fully saturated rings.